The van der Waals surface area contributed by atoms with Crippen LogP contribution in [0, 0.1) is 28.6 Å². The molecule has 0 bridgehead atoms. The minimum Gasteiger partial charge on any atom is -0.467 e. The Morgan fingerprint density at radius 2 is 1.91 bits per heavy atom. The fourth-order valence-corrected chi connectivity index (χ4v) is 8.20. The van der Waals surface area contributed by atoms with Crippen LogP contribution in [0.5, 0.6) is 0 Å². The summed E-state index contributed by atoms with van der Waals surface area (Å²) in [6.45, 7) is 7.10. The second-order valence-electron chi connectivity index (χ2n) is 12.0. The van der Waals surface area contributed by atoms with Crippen molar-refractivity contribution in [3.8, 4) is 0 Å². The Morgan fingerprint density at radius 3 is 2.69 bits per heavy atom. The van der Waals surface area contributed by atoms with Gasteiger partial charge in [-0.1, -0.05) is 30.7 Å². The highest BCUT2D eigenvalue weighted by molar-refractivity contribution is 6.05. The number of hydrogen-bond donors (Lipinski definition) is 1. The number of nitrogens with zero attached hydrogens (tertiary/aromatic N) is 2. The van der Waals surface area contributed by atoms with Gasteiger partial charge in [-0.2, -0.15) is 0 Å². The number of hydrogen-bond acceptors (Lipinski definition) is 6. The van der Waals surface area contributed by atoms with Crippen molar-refractivity contribution in [3.63, 3.8) is 0 Å². The molecule has 0 aromatic heterocycles. The third-order valence-electron chi connectivity index (χ3n) is 10.5. The monoisotopic (exact) mass is 484 g/mol. The predicted octanol–water partition coefficient (Wildman–Crippen LogP) is 4.01. The Hall–Kier alpha value is -2.15. The van der Waals surface area contributed by atoms with E-state index in [4.69, 9.17) is 9.57 Å². The molecule has 4 aliphatic carbocycles. The number of amides is 1. The maximum absolute atomic E-state index is 12.6. The molecule has 0 aromatic carbocycles. The van der Waals surface area contributed by atoms with Crippen LogP contribution in [-0.2, 0) is 19.2 Å². The van der Waals surface area contributed by atoms with E-state index in [1.165, 1.54) is 17.6 Å². The molecule has 3 saturated carbocycles. The predicted molar refractivity (Wildman–Crippen MR) is 132 cm³/mol. The number of fused-ring (bicyclic) bond motifs is 5. The van der Waals surface area contributed by atoms with Gasteiger partial charge in [-0.05, 0) is 93.6 Å². The summed E-state index contributed by atoms with van der Waals surface area (Å²) in [6, 6.07) is -0.516. The van der Waals surface area contributed by atoms with Gasteiger partial charge in [0, 0.05) is 12.0 Å². The Labute approximate surface area is 208 Å². The lowest BCUT2D eigenvalue weighted by Gasteiger charge is -2.58. The van der Waals surface area contributed by atoms with E-state index in [9.17, 15) is 14.7 Å². The van der Waals surface area contributed by atoms with E-state index in [2.05, 4.69) is 38.1 Å². The lowest BCUT2D eigenvalue weighted by atomic mass is 9.47. The van der Waals surface area contributed by atoms with Crippen LogP contribution in [-0.4, -0.2) is 59.5 Å². The molecule has 35 heavy (non-hydrogen) atoms. The van der Waals surface area contributed by atoms with Crippen molar-refractivity contribution in [2.75, 3.05) is 20.3 Å². The number of methoxy groups -OCH3 is 1. The maximum atomic E-state index is 12.6. The maximum Gasteiger partial charge on any atom is 0.328 e. The van der Waals surface area contributed by atoms with Gasteiger partial charge >= 0.3 is 5.97 Å². The lowest BCUT2D eigenvalue weighted by Crippen LogP contribution is -2.53. The topological polar surface area (TPSA) is 88.4 Å². The van der Waals surface area contributed by atoms with Gasteiger partial charge in [0.25, 0.3) is 5.91 Å². The van der Waals surface area contributed by atoms with Gasteiger partial charge in [0.05, 0.1) is 12.7 Å². The number of carbonyl (C=O) groups is 2. The molecule has 7 atom stereocenters. The Bertz CT molecular complexity index is 984. The quantitative estimate of drug-likeness (QED) is 0.481. The van der Waals surface area contributed by atoms with E-state index in [1.54, 1.807) is 0 Å². The molecule has 0 aromatic rings. The van der Waals surface area contributed by atoms with E-state index in [0.717, 1.165) is 50.7 Å². The van der Waals surface area contributed by atoms with E-state index < -0.39 is 11.6 Å². The lowest BCUT2D eigenvalue weighted by molar-refractivity contribution is -0.152. The molecule has 1 aliphatic heterocycles. The third kappa shape index (κ3) is 3.85. The van der Waals surface area contributed by atoms with Crippen molar-refractivity contribution in [2.45, 2.75) is 83.8 Å². The van der Waals surface area contributed by atoms with Gasteiger partial charge in [0.2, 0.25) is 0 Å². The number of aliphatic hydroxyl groups is 1. The van der Waals surface area contributed by atoms with Crippen LogP contribution in [0.15, 0.2) is 29.0 Å². The first-order valence-corrected chi connectivity index (χ1v) is 13.3. The zero-order valence-electron chi connectivity index (χ0n) is 21.6. The average molecular weight is 485 g/mol. The summed E-state index contributed by atoms with van der Waals surface area (Å²) in [7, 11) is 1.35. The van der Waals surface area contributed by atoms with Gasteiger partial charge in [-0.25, -0.2) is 4.79 Å². The molecule has 1 saturated heterocycles. The molecule has 7 nitrogen and oxygen atoms in total. The van der Waals surface area contributed by atoms with Gasteiger partial charge < -0.3 is 19.6 Å². The zero-order valence-corrected chi connectivity index (χ0v) is 21.6. The van der Waals surface area contributed by atoms with Crippen LogP contribution in [0.25, 0.3) is 0 Å². The molecule has 5 aliphatic rings. The van der Waals surface area contributed by atoms with Gasteiger partial charge in [0.15, 0.2) is 6.61 Å². The smallest absolute Gasteiger partial charge is 0.328 e. The first-order valence-electron chi connectivity index (χ1n) is 13.3. The molecular weight excluding hydrogens is 444 g/mol. The number of esters is 1. The van der Waals surface area contributed by atoms with Crippen LogP contribution >= 0.6 is 0 Å². The molecule has 1 amide bonds. The number of oxime groups is 1. The van der Waals surface area contributed by atoms with Crippen molar-refractivity contribution in [3.05, 3.63) is 23.8 Å². The second kappa shape index (κ2) is 8.75. The minimum absolute atomic E-state index is 0.0107. The molecule has 1 N–H and O–H groups in total. The van der Waals surface area contributed by atoms with Crippen molar-refractivity contribution in [1.82, 2.24) is 4.90 Å². The van der Waals surface area contributed by atoms with Crippen molar-refractivity contribution >= 4 is 17.6 Å². The summed E-state index contributed by atoms with van der Waals surface area (Å²) in [6.07, 6.45) is 14.3. The highest BCUT2D eigenvalue weighted by Gasteiger charge is 2.62. The molecule has 7 unspecified atom stereocenters. The zero-order chi connectivity index (χ0) is 25.0. The Morgan fingerprint density at radius 1 is 1.14 bits per heavy atom. The number of allylic oxidation sites excluding steroid dienone is 4. The molecule has 0 radical (unpaired) electrons. The molecule has 1 heterocycles. The summed E-state index contributed by atoms with van der Waals surface area (Å²) >= 11 is 0. The van der Waals surface area contributed by atoms with Crippen LogP contribution < -0.4 is 0 Å². The summed E-state index contributed by atoms with van der Waals surface area (Å²) in [5, 5.41) is 15.4. The highest BCUT2D eigenvalue weighted by atomic mass is 16.6. The molecule has 5 rings (SSSR count). The van der Waals surface area contributed by atoms with Crippen molar-refractivity contribution in [2.24, 2.45) is 33.7 Å². The highest BCUT2D eigenvalue weighted by Crippen LogP contribution is 2.66. The largest absolute Gasteiger partial charge is 0.467 e. The Balaban J connectivity index is 1.24. The van der Waals surface area contributed by atoms with Crippen LogP contribution in [0.4, 0.5) is 0 Å². The third-order valence-corrected chi connectivity index (χ3v) is 10.5. The van der Waals surface area contributed by atoms with E-state index >= 15 is 0 Å². The second-order valence-corrected chi connectivity index (χ2v) is 12.0. The van der Waals surface area contributed by atoms with Crippen LogP contribution in [0.3, 0.4) is 0 Å². The molecule has 192 valence electrons. The number of likely N-dealkylation sites (tertiary alicyclic amines) is 1. The molecular formula is C28H40N2O5. The number of carbonyl (C=O) groups excluding carboxylic acids is 2. The summed E-state index contributed by atoms with van der Waals surface area (Å²) in [4.78, 5) is 31.5. The number of ether oxygens (including phenoxy) is 1. The van der Waals surface area contributed by atoms with Crippen molar-refractivity contribution < 1.29 is 24.3 Å². The summed E-state index contributed by atoms with van der Waals surface area (Å²) in [5.74, 6) is 1.20. The van der Waals surface area contributed by atoms with Gasteiger partial charge in [-0.3, -0.25) is 4.79 Å². The number of rotatable bonds is 4. The van der Waals surface area contributed by atoms with Crippen LogP contribution in [0.1, 0.15) is 72.1 Å². The fourth-order valence-electron chi connectivity index (χ4n) is 8.20. The van der Waals surface area contributed by atoms with Crippen LogP contribution in [0.2, 0.25) is 0 Å². The molecule has 4 fully saturated rings. The van der Waals surface area contributed by atoms with Crippen molar-refractivity contribution in [1.29, 1.82) is 0 Å². The minimum atomic E-state index is -0.553. The summed E-state index contributed by atoms with van der Waals surface area (Å²) in [5.41, 5.74) is 1.62. The van der Waals surface area contributed by atoms with Gasteiger partial charge in [-0.15, -0.1) is 0 Å². The standard InChI is InChI=1S/C28H40N2O5/c1-26-12-9-19(29-35-17-24(31)30-15-5-6-23(30)25(32)34-4)16-18(26)7-8-20-21(26)10-13-27(2)22(20)11-14-28(27,3)33/h9,12,16,20-23,33H,5-8,10-11,13-15,17H2,1-4H3. The molecule has 0 spiro atoms. The summed E-state index contributed by atoms with van der Waals surface area (Å²) < 4.78 is 4.82. The van der Waals surface area contributed by atoms with E-state index in [1.807, 2.05) is 6.08 Å². The Kier molecular flexibility index (Phi) is 6.14. The van der Waals surface area contributed by atoms with E-state index in [-0.39, 0.29) is 29.3 Å². The normalized spacial score (nSPS) is 43.3. The SMILES string of the molecule is COC(=O)C1CCCN1C(=O)CON=C1C=CC2(C)C(=C1)CCC1C2CCC2(C)C1CCC2(C)O. The fraction of sp³-hybridized carbons (Fsp3) is 0.750. The van der Waals surface area contributed by atoms with Gasteiger partial charge in [0.1, 0.15) is 11.8 Å². The molecule has 7 heteroatoms. The first-order chi connectivity index (χ1) is 16.6. The average Bonchev–Trinajstić information content (AvgIpc) is 3.41. The van der Waals surface area contributed by atoms with E-state index in [0.29, 0.717) is 30.7 Å². The first kappa shape index (κ1) is 24.5.